The van der Waals surface area contributed by atoms with Crippen molar-refractivity contribution in [3.63, 3.8) is 0 Å². The quantitative estimate of drug-likeness (QED) is 0.419. The largest absolute Gasteiger partial charge is 0.378 e. The van der Waals surface area contributed by atoms with Crippen molar-refractivity contribution < 1.29 is 23.6 Å². The van der Waals surface area contributed by atoms with Gasteiger partial charge in [-0.05, 0) is 48.5 Å². The van der Waals surface area contributed by atoms with Crippen LogP contribution in [0.15, 0.2) is 60.9 Å². The molecule has 4 aliphatic rings. The van der Waals surface area contributed by atoms with E-state index >= 15 is 0 Å². The van der Waals surface area contributed by atoms with E-state index in [1.807, 2.05) is 9.80 Å². The number of benzene rings is 2. The van der Waals surface area contributed by atoms with Crippen LogP contribution in [-0.2, 0) is 19.1 Å². The number of ether oxygens (including phenoxy) is 2. The first-order chi connectivity index (χ1) is 21.5. The molecule has 0 aliphatic carbocycles. The monoisotopic (exact) mass is 597 g/mol. The first kappa shape index (κ1) is 28.6. The molecule has 2 saturated heterocycles. The number of anilines is 5. The summed E-state index contributed by atoms with van der Waals surface area (Å²) in [4.78, 5) is 36.5. The lowest BCUT2D eigenvalue weighted by atomic mass is 9.96. The standard InChI is InChI=1S/C34H41N6O4/c1-25(41)39-13-11-37-12-14-40(26(2)42)32-24-38(23-31(39)34(32)37)33(27-3-7-29(8-4-27)35-15-19-43-20-16-35)28-5-9-30(10-6-28)36-17-21-44-22-18-36/h3-10,23-24,33H,11-22H2,1-2H3/q+1. The lowest BCUT2D eigenvalue weighted by Crippen LogP contribution is -2.53. The number of carbonyl (C=O) groups excluding carboxylic acids is 2. The Balaban J connectivity index is 1.35. The SMILES string of the molecule is CC(=O)N1CCN2CCN(C(C)=O)c3c[n+](C(c4ccc(N5CCOCC5)cc4)c4ccc(N5CCOCC5)cc4)cc1c32. The molecule has 44 heavy (non-hydrogen) atoms. The fraction of sp³-hybridized carbons (Fsp3) is 0.441. The first-order valence-corrected chi connectivity index (χ1v) is 15.7. The highest BCUT2D eigenvalue weighted by molar-refractivity contribution is 6.03. The molecule has 0 atom stereocenters. The van der Waals surface area contributed by atoms with E-state index in [1.165, 1.54) is 11.4 Å². The maximum Gasteiger partial charge on any atom is 0.224 e. The Hall–Kier alpha value is -4.15. The van der Waals surface area contributed by atoms with E-state index in [9.17, 15) is 9.59 Å². The summed E-state index contributed by atoms with van der Waals surface area (Å²) in [5.41, 5.74) is 7.30. The topological polar surface area (TPSA) is 72.7 Å². The Morgan fingerprint density at radius 3 is 1.39 bits per heavy atom. The summed E-state index contributed by atoms with van der Waals surface area (Å²) in [6.07, 6.45) is 4.21. The van der Waals surface area contributed by atoms with E-state index in [1.54, 1.807) is 13.8 Å². The van der Waals surface area contributed by atoms with Crippen LogP contribution in [0.5, 0.6) is 0 Å². The molecule has 0 bridgehead atoms. The molecule has 4 aliphatic heterocycles. The highest BCUT2D eigenvalue weighted by Crippen LogP contribution is 2.43. The maximum atomic E-state index is 12.9. The number of nitrogens with zero attached hydrogens (tertiary/aromatic N) is 6. The molecule has 3 aromatic rings. The van der Waals surface area contributed by atoms with E-state index < -0.39 is 0 Å². The molecule has 230 valence electrons. The number of hydrogen-bond donors (Lipinski definition) is 0. The molecule has 1 aromatic heterocycles. The minimum atomic E-state index is -0.172. The summed E-state index contributed by atoms with van der Waals surface area (Å²) in [6.45, 7) is 12.5. The second kappa shape index (κ2) is 12.1. The molecule has 0 spiro atoms. The Bertz CT molecular complexity index is 1410. The molecular formula is C34H41N6O4+. The molecule has 0 N–H and O–H groups in total. The van der Waals surface area contributed by atoms with Gasteiger partial charge < -0.3 is 34.0 Å². The predicted octanol–water partition coefficient (Wildman–Crippen LogP) is 2.82. The zero-order chi connectivity index (χ0) is 30.2. The van der Waals surface area contributed by atoms with Crippen molar-refractivity contribution in [3.05, 3.63) is 72.1 Å². The number of rotatable bonds is 5. The van der Waals surface area contributed by atoms with Gasteiger partial charge in [0.05, 0.1) is 32.1 Å². The average molecular weight is 598 g/mol. The Morgan fingerprint density at radius 1 is 0.591 bits per heavy atom. The minimum absolute atomic E-state index is 0.00539. The predicted molar refractivity (Wildman–Crippen MR) is 171 cm³/mol. The van der Waals surface area contributed by atoms with Crippen LogP contribution in [0.1, 0.15) is 31.0 Å². The van der Waals surface area contributed by atoms with Gasteiger partial charge in [-0.2, -0.15) is 4.57 Å². The van der Waals surface area contributed by atoms with Crippen molar-refractivity contribution in [2.75, 3.05) is 103 Å². The molecule has 0 radical (unpaired) electrons. The van der Waals surface area contributed by atoms with Crippen LogP contribution in [0, 0.1) is 0 Å². The Kier molecular flexibility index (Phi) is 7.86. The molecule has 2 fully saturated rings. The van der Waals surface area contributed by atoms with Crippen molar-refractivity contribution in [1.82, 2.24) is 0 Å². The van der Waals surface area contributed by atoms with Crippen molar-refractivity contribution in [3.8, 4) is 0 Å². The molecule has 0 unspecified atom stereocenters. The van der Waals surface area contributed by atoms with E-state index in [2.05, 4.69) is 80.2 Å². The van der Waals surface area contributed by atoms with Crippen molar-refractivity contribution in [2.45, 2.75) is 19.9 Å². The van der Waals surface area contributed by atoms with Crippen LogP contribution < -0.4 is 29.1 Å². The third-order valence-electron chi connectivity index (χ3n) is 9.34. The second-order valence-electron chi connectivity index (χ2n) is 11.9. The van der Waals surface area contributed by atoms with Crippen LogP contribution in [0.25, 0.3) is 0 Å². The molecule has 2 aromatic carbocycles. The average Bonchev–Trinajstić information content (AvgIpc) is 3.06. The Labute approximate surface area is 259 Å². The zero-order valence-electron chi connectivity index (χ0n) is 25.7. The zero-order valence-corrected chi connectivity index (χ0v) is 25.7. The number of amides is 2. The molecule has 10 heteroatoms. The van der Waals surface area contributed by atoms with Gasteiger partial charge in [-0.25, -0.2) is 0 Å². The van der Waals surface area contributed by atoms with E-state index in [0.29, 0.717) is 13.1 Å². The summed E-state index contributed by atoms with van der Waals surface area (Å²) in [6, 6.07) is 17.5. The van der Waals surface area contributed by atoms with Crippen molar-refractivity contribution >= 4 is 40.3 Å². The summed E-state index contributed by atoms with van der Waals surface area (Å²) >= 11 is 0. The number of hydrogen-bond acceptors (Lipinski definition) is 7. The van der Waals surface area contributed by atoms with Crippen molar-refractivity contribution in [2.24, 2.45) is 0 Å². The number of pyridine rings is 1. The van der Waals surface area contributed by atoms with E-state index in [4.69, 9.17) is 9.47 Å². The fourth-order valence-electron chi connectivity index (χ4n) is 7.03. The highest BCUT2D eigenvalue weighted by atomic mass is 16.5. The van der Waals surface area contributed by atoms with Gasteiger partial charge in [-0.15, -0.1) is 0 Å². The lowest BCUT2D eigenvalue weighted by Gasteiger charge is -2.43. The van der Waals surface area contributed by atoms with Gasteiger partial charge in [-0.3, -0.25) is 9.59 Å². The molecule has 2 amide bonds. The van der Waals surface area contributed by atoms with Gasteiger partial charge in [0, 0.05) is 88.7 Å². The summed E-state index contributed by atoms with van der Waals surface area (Å²) in [5, 5.41) is 0. The molecule has 0 saturated carbocycles. The maximum absolute atomic E-state index is 12.9. The first-order valence-electron chi connectivity index (χ1n) is 15.7. The fourth-order valence-corrected chi connectivity index (χ4v) is 7.03. The van der Waals surface area contributed by atoms with Gasteiger partial charge in [-0.1, -0.05) is 0 Å². The second-order valence-corrected chi connectivity index (χ2v) is 11.9. The Morgan fingerprint density at radius 2 is 1.00 bits per heavy atom. The third-order valence-corrected chi connectivity index (χ3v) is 9.34. The van der Waals surface area contributed by atoms with Crippen LogP contribution in [0.3, 0.4) is 0 Å². The van der Waals surface area contributed by atoms with Gasteiger partial charge in [0.15, 0.2) is 12.4 Å². The summed E-state index contributed by atoms with van der Waals surface area (Å²) < 4.78 is 13.3. The van der Waals surface area contributed by atoms with Crippen LogP contribution in [0.2, 0.25) is 0 Å². The number of carbonyl (C=O) groups is 2. The number of aromatic nitrogens is 1. The van der Waals surface area contributed by atoms with Gasteiger partial charge >= 0.3 is 0 Å². The smallest absolute Gasteiger partial charge is 0.224 e. The normalized spacial score (nSPS) is 18.5. The van der Waals surface area contributed by atoms with Crippen LogP contribution >= 0.6 is 0 Å². The minimum Gasteiger partial charge on any atom is -0.378 e. The van der Waals surface area contributed by atoms with E-state index in [-0.39, 0.29) is 17.9 Å². The van der Waals surface area contributed by atoms with Crippen LogP contribution in [-0.4, -0.2) is 90.6 Å². The molecule has 10 nitrogen and oxygen atoms in total. The van der Waals surface area contributed by atoms with E-state index in [0.717, 1.165) is 93.9 Å². The third kappa shape index (κ3) is 5.37. The molecule has 7 rings (SSSR count). The summed E-state index contributed by atoms with van der Waals surface area (Å²) in [7, 11) is 0. The van der Waals surface area contributed by atoms with Gasteiger partial charge in [0.2, 0.25) is 17.9 Å². The van der Waals surface area contributed by atoms with Crippen molar-refractivity contribution in [1.29, 1.82) is 0 Å². The lowest BCUT2D eigenvalue weighted by molar-refractivity contribution is -0.703. The molecular weight excluding hydrogens is 556 g/mol. The molecule has 5 heterocycles. The number of morpholine rings is 2. The van der Waals surface area contributed by atoms with Gasteiger partial charge in [0.25, 0.3) is 0 Å². The van der Waals surface area contributed by atoms with Gasteiger partial charge in [0.1, 0.15) is 11.4 Å². The highest BCUT2D eigenvalue weighted by Gasteiger charge is 2.39. The summed E-state index contributed by atoms with van der Waals surface area (Å²) in [5.74, 6) is 0.0108. The van der Waals surface area contributed by atoms with Crippen LogP contribution in [0.4, 0.5) is 28.4 Å².